The molecule has 3 nitrogen and oxygen atoms in total. The molecular weight excluding hydrogens is 375 g/mol. The molecule has 0 bridgehead atoms. The van der Waals surface area contributed by atoms with Crippen molar-refractivity contribution in [3.05, 3.63) is 74.7 Å². The average Bonchev–Trinajstić information content (AvgIpc) is 3.03. The normalized spacial score (nSPS) is 10.6. The van der Waals surface area contributed by atoms with E-state index in [4.69, 9.17) is 34.8 Å². The van der Waals surface area contributed by atoms with Crippen molar-refractivity contribution in [2.75, 3.05) is 4.90 Å². The zero-order valence-corrected chi connectivity index (χ0v) is 14.6. The maximum atomic E-state index is 13.0. The Hall–Kier alpha value is -1.59. The van der Waals surface area contributed by atoms with Gasteiger partial charge in [-0.2, -0.15) is 0 Å². The summed E-state index contributed by atoms with van der Waals surface area (Å²) in [5.74, 6) is -0.288. The number of amides is 1. The Morgan fingerprint density at radius 1 is 1.00 bits per heavy atom. The molecule has 0 unspecified atom stereocenters. The second kappa shape index (κ2) is 6.89. The summed E-state index contributed by atoms with van der Waals surface area (Å²) in [4.78, 5) is 18.7. The first-order valence-corrected chi connectivity index (χ1v) is 8.52. The number of halogens is 3. The molecule has 23 heavy (non-hydrogen) atoms. The zero-order chi connectivity index (χ0) is 16.4. The first kappa shape index (κ1) is 16.3. The lowest BCUT2D eigenvalue weighted by atomic mass is 10.2. The summed E-state index contributed by atoms with van der Waals surface area (Å²) in [6.45, 7) is 0. The predicted molar refractivity (Wildman–Crippen MR) is 96.5 cm³/mol. The topological polar surface area (TPSA) is 33.2 Å². The highest BCUT2D eigenvalue weighted by molar-refractivity contribution is 7.14. The maximum absolute atomic E-state index is 13.0. The molecule has 0 saturated carbocycles. The van der Waals surface area contributed by atoms with E-state index >= 15 is 0 Å². The van der Waals surface area contributed by atoms with Gasteiger partial charge in [-0.15, -0.1) is 11.3 Å². The molecule has 0 spiro atoms. The van der Waals surface area contributed by atoms with Crippen LogP contribution in [0.15, 0.2) is 54.0 Å². The molecule has 1 aromatic heterocycles. The highest BCUT2D eigenvalue weighted by atomic mass is 35.5. The molecule has 0 radical (unpaired) electrons. The third-order valence-electron chi connectivity index (χ3n) is 3.06. The quantitative estimate of drug-likeness (QED) is 0.549. The number of carbonyl (C=O) groups excluding carboxylic acids is 1. The van der Waals surface area contributed by atoms with E-state index in [0.29, 0.717) is 26.4 Å². The van der Waals surface area contributed by atoms with Crippen molar-refractivity contribution in [3.63, 3.8) is 0 Å². The minimum atomic E-state index is -0.288. The molecular formula is C16H9Cl3N2OS. The number of thiazole rings is 1. The molecule has 0 saturated heterocycles. The number of nitrogens with zero attached hydrogens (tertiary/aromatic N) is 2. The van der Waals surface area contributed by atoms with Crippen LogP contribution in [-0.2, 0) is 0 Å². The van der Waals surface area contributed by atoms with Crippen LogP contribution < -0.4 is 4.90 Å². The summed E-state index contributed by atoms with van der Waals surface area (Å²) in [5.41, 5.74) is 1.00. The molecule has 0 aliphatic carbocycles. The maximum Gasteiger partial charge on any atom is 0.266 e. The van der Waals surface area contributed by atoms with Gasteiger partial charge in [-0.3, -0.25) is 9.69 Å². The molecule has 1 heterocycles. The van der Waals surface area contributed by atoms with E-state index in [1.165, 1.54) is 22.3 Å². The molecule has 3 aromatic rings. The summed E-state index contributed by atoms with van der Waals surface area (Å²) in [6.07, 6.45) is 1.64. The van der Waals surface area contributed by atoms with Gasteiger partial charge >= 0.3 is 0 Å². The van der Waals surface area contributed by atoms with Crippen LogP contribution in [0.1, 0.15) is 10.4 Å². The zero-order valence-electron chi connectivity index (χ0n) is 11.5. The first-order chi connectivity index (χ1) is 11.1. The smallest absolute Gasteiger partial charge is 0.266 e. The van der Waals surface area contributed by atoms with Crippen LogP contribution in [0, 0.1) is 0 Å². The molecule has 7 heteroatoms. The molecule has 0 atom stereocenters. The Morgan fingerprint density at radius 2 is 1.70 bits per heavy atom. The molecule has 1 amide bonds. The fourth-order valence-electron chi connectivity index (χ4n) is 2.01. The van der Waals surface area contributed by atoms with Crippen molar-refractivity contribution < 1.29 is 4.79 Å². The van der Waals surface area contributed by atoms with Gasteiger partial charge in [0.05, 0.1) is 16.3 Å². The molecule has 116 valence electrons. The van der Waals surface area contributed by atoms with Crippen LogP contribution in [0.3, 0.4) is 0 Å². The van der Waals surface area contributed by atoms with Crippen molar-refractivity contribution in [2.24, 2.45) is 0 Å². The van der Waals surface area contributed by atoms with Crippen molar-refractivity contribution in [3.8, 4) is 0 Å². The van der Waals surface area contributed by atoms with E-state index in [2.05, 4.69) is 4.98 Å². The lowest BCUT2D eigenvalue weighted by Crippen LogP contribution is -2.26. The summed E-state index contributed by atoms with van der Waals surface area (Å²) in [5, 5.41) is 3.69. The van der Waals surface area contributed by atoms with E-state index in [9.17, 15) is 4.79 Å². The SMILES string of the molecule is O=C(c1ccc(Cl)cc1Cl)N(c1ccc(Cl)cc1)c1nccs1. The lowest BCUT2D eigenvalue weighted by Gasteiger charge is -2.20. The summed E-state index contributed by atoms with van der Waals surface area (Å²) in [6, 6.07) is 11.7. The van der Waals surface area contributed by atoms with Gasteiger partial charge in [-0.05, 0) is 42.5 Å². The van der Waals surface area contributed by atoms with Gasteiger partial charge in [0.15, 0.2) is 5.13 Å². The van der Waals surface area contributed by atoms with Crippen LogP contribution >= 0.6 is 46.1 Å². The van der Waals surface area contributed by atoms with Gasteiger partial charge in [-0.25, -0.2) is 4.98 Å². The van der Waals surface area contributed by atoms with Crippen molar-refractivity contribution >= 4 is 62.9 Å². The van der Waals surface area contributed by atoms with Crippen LogP contribution in [0.4, 0.5) is 10.8 Å². The van der Waals surface area contributed by atoms with Gasteiger partial charge in [0.2, 0.25) is 0 Å². The second-order valence-electron chi connectivity index (χ2n) is 4.56. The van der Waals surface area contributed by atoms with E-state index in [0.717, 1.165) is 0 Å². The Labute approximate surface area is 152 Å². The lowest BCUT2D eigenvalue weighted by molar-refractivity contribution is 0.0999. The Kier molecular flexibility index (Phi) is 4.87. The van der Waals surface area contributed by atoms with Gasteiger partial charge in [-0.1, -0.05) is 34.8 Å². The number of hydrogen-bond acceptors (Lipinski definition) is 3. The van der Waals surface area contributed by atoms with E-state index in [1.807, 2.05) is 0 Å². The third kappa shape index (κ3) is 3.51. The highest BCUT2D eigenvalue weighted by Gasteiger charge is 2.23. The number of rotatable bonds is 3. The average molecular weight is 384 g/mol. The number of carbonyl (C=O) groups is 1. The van der Waals surface area contributed by atoms with Gasteiger partial charge < -0.3 is 0 Å². The number of aromatic nitrogens is 1. The summed E-state index contributed by atoms with van der Waals surface area (Å²) >= 11 is 19.4. The Bertz CT molecular complexity index is 835. The monoisotopic (exact) mass is 382 g/mol. The molecule has 0 N–H and O–H groups in total. The Morgan fingerprint density at radius 3 is 2.30 bits per heavy atom. The molecule has 0 aliphatic heterocycles. The van der Waals surface area contributed by atoms with Crippen molar-refractivity contribution in [2.45, 2.75) is 0 Å². The number of hydrogen-bond donors (Lipinski definition) is 0. The summed E-state index contributed by atoms with van der Waals surface area (Å²) < 4.78 is 0. The minimum Gasteiger partial charge on any atom is -0.268 e. The number of benzene rings is 2. The van der Waals surface area contributed by atoms with Gasteiger partial charge in [0.1, 0.15) is 0 Å². The highest BCUT2D eigenvalue weighted by Crippen LogP contribution is 2.32. The van der Waals surface area contributed by atoms with E-state index in [1.54, 1.807) is 48.0 Å². The second-order valence-corrected chi connectivity index (χ2v) is 6.71. The molecule has 3 rings (SSSR count). The summed E-state index contributed by atoms with van der Waals surface area (Å²) in [7, 11) is 0. The largest absolute Gasteiger partial charge is 0.268 e. The van der Waals surface area contributed by atoms with Crippen molar-refractivity contribution in [1.29, 1.82) is 0 Å². The van der Waals surface area contributed by atoms with Gasteiger partial charge in [0, 0.05) is 21.6 Å². The first-order valence-electron chi connectivity index (χ1n) is 6.51. The van der Waals surface area contributed by atoms with E-state index < -0.39 is 0 Å². The van der Waals surface area contributed by atoms with Crippen LogP contribution in [0.2, 0.25) is 15.1 Å². The fraction of sp³-hybridized carbons (Fsp3) is 0. The molecule has 2 aromatic carbocycles. The third-order valence-corrected chi connectivity index (χ3v) is 4.62. The van der Waals surface area contributed by atoms with Gasteiger partial charge in [0.25, 0.3) is 5.91 Å². The number of anilines is 2. The van der Waals surface area contributed by atoms with Crippen LogP contribution in [0.25, 0.3) is 0 Å². The standard InChI is InChI=1S/C16H9Cl3N2OS/c17-10-1-4-12(5-2-10)21(16-20-7-8-23-16)15(22)13-6-3-11(18)9-14(13)19/h1-9H. The fourth-order valence-corrected chi connectivity index (χ4v) is 3.29. The van der Waals surface area contributed by atoms with Crippen LogP contribution in [-0.4, -0.2) is 10.9 Å². The Balaban J connectivity index is 2.08. The van der Waals surface area contributed by atoms with E-state index in [-0.39, 0.29) is 10.9 Å². The predicted octanol–water partition coefficient (Wildman–Crippen LogP) is 6.08. The minimum absolute atomic E-state index is 0.288. The van der Waals surface area contributed by atoms with Crippen molar-refractivity contribution in [1.82, 2.24) is 4.98 Å². The molecule has 0 fully saturated rings. The molecule has 0 aliphatic rings. The van der Waals surface area contributed by atoms with Crippen LogP contribution in [0.5, 0.6) is 0 Å².